The molecule has 1 fully saturated rings. The van der Waals surface area contributed by atoms with Crippen molar-refractivity contribution in [2.24, 2.45) is 5.92 Å². The van der Waals surface area contributed by atoms with Crippen LogP contribution in [0.25, 0.3) is 10.8 Å². The molecule has 0 saturated carbocycles. The van der Waals surface area contributed by atoms with Gasteiger partial charge in [-0.05, 0) is 55.0 Å². The summed E-state index contributed by atoms with van der Waals surface area (Å²) >= 11 is 0. The van der Waals surface area contributed by atoms with E-state index in [-0.39, 0.29) is 11.5 Å². The summed E-state index contributed by atoms with van der Waals surface area (Å²) < 4.78 is 1.64. The van der Waals surface area contributed by atoms with Crippen molar-refractivity contribution in [1.29, 1.82) is 0 Å². The van der Waals surface area contributed by atoms with E-state index in [0.717, 1.165) is 54.1 Å². The van der Waals surface area contributed by atoms with Crippen molar-refractivity contribution in [2.45, 2.75) is 38.6 Å². The molecule has 1 aliphatic heterocycles. The van der Waals surface area contributed by atoms with E-state index >= 15 is 0 Å². The first-order chi connectivity index (χ1) is 14.2. The highest BCUT2D eigenvalue weighted by molar-refractivity contribution is 6.05. The lowest BCUT2D eigenvalue weighted by Gasteiger charge is -2.32. The maximum Gasteiger partial charge on any atom is 0.273 e. The van der Waals surface area contributed by atoms with Crippen molar-refractivity contribution < 1.29 is 4.79 Å². The molecule has 0 atom stereocenters. The van der Waals surface area contributed by atoms with Crippen LogP contribution in [0.5, 0.6) is 0 Å². The molecule has 0 N–H and O–H groups in total. The quantitative estimate of drug-likeness (QED) is 0.692. The van der Waals surface area contributed by atoms with Gasteiger partial charge < -0.3 is 4.90 Å². The van der Waals surface area contributed by atoms with Gasteiger partial charge in [0.1, 0.15) is 5.69 Å². The van der Waals surface area contributed by atoms with Crippen LogP contribution in [0, 0.1) is 5.92 Å². The van der Waals surface area contributed by atoms with E-state index in [1.54, 1.807) is 16.9 Å². The molecular formula is C23H24N4O2. The lowest BCUT2D eigenvalue weighted by molar-refractivity contribution is 0.0676. The van der Waals surface area contributed by atoms with Gasteiger partial charge >= 0.3 is 0 Å². The second-order valence-corrected chi connectivity index (χ2v) is 8.11. The van der Waals surface area contributed by atoms with Crippen molar-refractivity contribution in [3.05, 3.63) is 69.9 Å². The molecule has 148 valence electrons. The number of amides is 1. The fourth-order valence-electron chi connectivity index (χ4n) is 4.57. The van der Waals surface area contributed by atoms with Gasteiger partial charge in [0.2, 0.25) is 0 Å². The maximum atomic E-state index is 13.1. The van der Waals surface area contributed by atoms with Crippen LogP contribution in [0.2, 0.25) is 0 Å². The van der Waals surface area contributed by atoms with Crippen molar-refractivity contribution >= 4 is 16.7 Å². The average molecular weight is 388 g/mol. The smallest absolute Gasteiger partial charge is 0.273 e. The molecule has 6 heteroatoms. The SMILES string of the molecule is O=C(c1nccc2ccccc12)N1CCC(Cn2nc3c(cc2=O)CCC3)CC1. The van der Waals surface area contributed by atoms with Crippen LogP contribution in [-0.4, -0.2) is 38.7 Å². The zero-order valence-electron chi connectivity index (χ0n) is 16.4. The van der Waals surface area contributed by atoms with E-state index in [9.17, 15) is 9.59 Å². The minimum absolute atomic E-state index is 0.00381. The third-order valence-electron chi connectivity index (χ3n) is 6.23. The van der Waals surface area contributed by atoms with Gasteiger partial charge in [0.15, 0.2) is 0 Å². The first-order valence-electron chi connectivity index (χ1n) is 10.4. The zero-order chi connectivity index (χ0) is 19.8. The monoisotopic (exact) mass is 388 g/mol. The van der Waals surface area contributed by atoms with E-state index in [1.165, 1.54) is 0 Å². The normalized spacial score (nSPS) is 16.9. The molecule has 6 nitrogen and oxygen atoms in total. The van der Waals surface area contributed by atoms with E-state index in [0.29, 0.717) is 31.2 Å². The van der Waals surface area contributed by atoms with Crippen LogP contribution in [0.3, 0.4) is 0 Å². The summed E-state index contributed by atoms with van der Waals surface area (Å²) in [6.07, 6.45) is 6.49. The minimum Gasteiger partial charge on any atom is -0.337 e. The Labute approximate surface area is 169 Å². The van der Waals surface area contributed by atoms with E-state index in [2.05, 4.69) is 10.1 Å². The molecule has 0 spiro atoms. The van der Waals surface area contributed by atoms with Crippen molar-refractivity contribution in [1.82, 2.24) is 19.7 Å². The second-order valence-electron chi connectivity index (χ2n) is 8.11. The largest absolute Gasteiger partial charge is 0.337 e. The number of likely N-dealkylation sites (tertiary alicyclic amines) is 1. The van der Waals surface area contributed by atoms with Gasteiger partial charge in [-0.2, -0.15) is 5.10 Å². The number of rotatable bonds is 3. The Bertz CT molecular complexity index is 1120. The second kappa shape index (κ2) is 7.43. The van der Waals surface area contributed by atoms with Gasteiger partial charge in [-0.25, -0.2) is 4.68 Å². The van der Waals surface area contributed by atoms with Crippen LogP contribution < -0.4 is 5.56 Å². The Kier molecular flexibility index (Phi) is 4.62. The summed E-state index contributed by atoms with van der Waals surface area (Å²) in [5, 5.41) is 6.53. The summed E-state index contributed by atoms with van der Waals surface area (Å²) in [4.78, 5) is 31.7. The Morgan fingerprint density at radius 3 is 2.79 bits per heavy atom. The molecule has 2 aromatic heterocycles. The van der Waals surface area contributed by atoms with Crippen molar-refractivity contribution in [2.75, 3.05) is 13.1 Å². The molecule has 29 heavy (non-hydrogen) atoms. The number of aryl methyl sites for hydroxylation is 2. The topological polar surface area (TPSA) is 68.1 Å². The molecule has 1 amide bonds. The molecule has 5 rings (SSSR count). The number of carbonyl (C=O) groups is 1. The van der Waals surface area contributed by atoms with Gasteiger partial charge in [0.05, 0.1) is 5.69 Å². The third kappa shape index (κ3) is 3.43. The van der Waals surface area contributed by atoms with Crippen LogP contribution in [0.1, 0.15) is 41.0 Å². The molecular weight excluding hydrogens is 364 g/mol. The Hall–Kier alpha value is -3.02. The van der Waals surface area contributed by atoms with Crippen molar-refractivity contribution in [3.63, 3.8) is 0 Å². The number of hydrogen-bond donors (Lipinski definition) is 0. The van der Waals surface area contributed by atoms with E-state index < -0.39 is 0 Å². The highest BCUT2D eigenvalue weighted by atomic mass is 16.2. The molecule has 3 heterocycles. The van der Waals surface area contributed by atoms with Gasteiger partial charge in [-0.3, -0.25) is 14.6 Å². The standard InChI is InChI=1S/C23H24N4O2/c28-21-14-18-5-3-7-20(18)25-27(21)15-16-9-12-26(13-10-16)23(29)22-19-6-2-1-4-17(19)8-11-24-22/h1-2,4,6,8,11,14,16H,3,5,7,9-10,12-13,15H2. The number of carbonyl (C=O) groups excluding carboxylic acids is 1. The van der Waals surface area contributed by atoms with Crippen LogP contribution >= 0.6 is 0 Å². The van der Waals surface area contributed by atoms with Crippen LogP contribution in [-0.2, 0) is 19.4 Å². The number of benzene rings is 1. The van der Waals surface area contributed by atoms with Gasteiger partial charge in [-0.1, -0.05) is 24.3 Å². The first kappa shape index (κ1) is 18.0. The number of hydrogen-bond acceptors (Lipinski definition) is 4. The molecule has 2 aliphatic rings. The maximum absolute atomic E-state index is 13.1. The Morgan fingerprint density at radius 2 is 1.93 bits per heavy atom. The molecule has 0 radical (unpaired) electrons. The molecule has 1 saturated heterocycles. The summed E-state index contributed by atoms with van der Waals surface area (Å²) in [5.41, 5.74) is 2.73. The van der Waals surface area contributed by atoms with Gasteiger partial charge in [0.25, 0.3) is 11.5 Å². The summed E-state index contributed by atoms with van der Waals surface area (Å²) in [6, 6.07) is 11.6. The first-order valence-corrected chi connectivity index (χ1v) is 10.4. The highest BCUT2D eigenvalue weighted by Crippen LogP contribution is 2.23. The summed E-state index contributed by atoms with van der Waals surface area (Å²) in [7, 11) is 0. The fourth-order valence-corrected chi connectivity index (χ4v) is 4.57. The number of fused-ring (bicyclic) bond motifs is 2. The van der Waals surface area contributed by atoms with E-state index in [1.807, 2.05) is 35.2 Å². The third-order valence-corrected chi connectivity index (χ3v) is 6.23. The number of piperidine rings is 1. The predicted octanol–water partition coefficient (Wildman–Crippen LogP) is 2.83. The Morgan fingerprint density at radius 1 is 1.10 bits per heavy atom. The highest BCUT2D eigenvalue weighted by Gasteiger charge is 2.26. The minimum atomic E-state index is -0.00641. The van der Waals surface area contributed by atoms with Gasteiger partial charge in [0, 0.05) is 37.3 Å². The lowest BCUT2D eigenvalue weighted by Crippen LogP contribution is -2.40. The predicted molar refractivity (Wildman–Crippen MR) is 111 cm³/mol. The Balaban J connectivity index is 1.27. The lowest BCUT2D eigenvalue weighted by atomic mass is 9.96. The zero-order valence-corrected chi connectivity index (χ0v) is 16.4. The molecule has 0 unspecified atom stereocenters. The summed E-state index contributed by atoms with van der Waals surface area (Å²) in [6.45, 7) is 2.02. The molecule has 1 aliphatic carbocycles. The molecule has 3 aromatic rings. The molecule has 0 bridgehead atoms. The fraction of sp³-hybridized carbons (Fsp3) is 0.391. The molecule has 1 aromatic carbocycles. The van der Waals surface area contributed by atoms with Gasteiger partial charge in [-0.15, -0.1) is 0 Å². The van der Waals surface area contributed by atoms with Crippen LogP contribution in [0.15, 0.2) is 47.4 Å². The van der Waals surface area contributed by atoms with Crippen LogP contribution in [0.4, 0.5) is 0 Å². The number of nitrogens with zero attached hydrogens (tertiary/aromatic N) is 4. The number of aromatic nitrogens is 3. The van der Waals surface area contributed by atoms with E-state index in [4.69, 9.17) is 0 Å². The van der Waals surface area contributed by atoms with Crippen molar-refractivity contribution in [3.8, 4) is 0 Å². The average Bonchev–Trinajstić information content (AvgIpc) is 3.20. The number of pyridine rings is 1. The summed E-state index contributed by atoms with van der Waals surface area (Å²) in [5.74, 6) is 0.359.